The molecule has 0 aromatic heterocycles. The van der Waals surface area contributed by atoms with Crippen LogP contribution in [0.3, 0.4) is 0 Å². The average Bonchev–Trinajstić information content (AvgIpc) is 3.30. The first-order valence-electron chi connectivity index (χ1n) is 7.64. The Bertz CT molecular complexity index is 499. The maximum atomic E-state index is 11.9. The standard InChI is InChI=1S/C16H25N3O3/c1-10-8-19(9-11(2)22-10)12(3)18-15(13-5-6-13)14(7-17)16(20)21-4/h7,10-11,13H,3,5-6,8-9,17H2,1-2,4H3/b14-7+,18-15?. The molecule has 2 fully saturated rings. The Hall–Kier alpha value is -1.82. The van der Waals surface area contributed by atoms with Crippen LogP contribution in [0.4, 0.5) is 0 Å². The van der Waals surface area contributed by atoms with Crippen molar-refractivity contribution in [2.75, 3.05) is 20.2 Å². The Labute approximate surface area is 131 Å². The number of hydrogen-bond acceptors (Lipinski definition) is 6. The molecule has 6 heteroatoms. The summed E-state index contributed by atoms with van der Waals surface area (Å²) in [6.07, 6.45) is 3.56. The molecule has 6 nitrogen and oxygen atoms in total. The summed E-state index contributed by atoms with van der Waals surface area (Å²) in [6, 6.07) is 0. The zero-order chi connectivity index (χ0) is 16.3. The van der Waals surface area contributed by atoms with E-state index in [0.29, 0.717) is 17.1 Å². The Morgan fingerprint density at radius 3 is 2.41 bits per heavy atom. The number of nitrogens with two attached hydrogens (primary N) is 1. The number of hydrogen-bond donors (Lipinski definition) is 1. The van der Waals surface area contributed by atoms with Crippen LogP contribution >= 0.6 is 0 Å². The third kappa shape index (κ3) is 3.88. The average molecular weight is 307 g/mol. The van der Waals surface area contributed by atoms with Crippen molar-refractivity contribution in [2.24, 2.45) is 16.6 Å². The molecule has 1 aliphatic heterocycles. The van der Waals surface area contributed by atoms with Crippen LogP contribution in [0.1, 0.15) is 26.7 Å². The number of morpholine rings is 1. The van der Waals surface area contributed by atoms with Crippen LogP contribution in [0, 0.1) is 5.92 Å². The molecular weight excluding hydrogens is 282 g/mol. The number of nitrogens with zero attached hydrogens (tertiary/aromatic N) is 2. The highest BCUT2D eigenvalue weighted by Gasteiger charge is 2.33. The Morgan fingerprint density at radius 2 is 1.95 bits per heavy atom. The lowest BCUT2D eigenvalue weighted by Crippen LogP contribution is -2.44. The van der Waals surface area contributed by atoms with Crippen molar-refractivity contribution >= 4 is 11.7 Å². The molecule has 0 aromatic rings. The van der Waals surface area contributed by atoms with E-state index in [1.165, 1.54) is 13.3 Å². The van der Waals surface area contributed by atoms with E-state index in [4.69, 9.17) is 15.2 Å². The van der Waals surface area contributed by atoms with Gasteiger partial charge in [-0.2, -0.15) is 0 Å². The van der Waals surface area contributed by atoms with Gasteiger partial charge >= 0.3 is 5.97 Å². The number of ether oxygens (including phenoxy) is 2. The van der Waals surface area contributed by atoms with Crippen molar-refractivity contribution in [1.82, 2.24) is 4.90 Å². The molecule has 0 bridgehead atoms. The summed E-state index contributed by atoms with van der Waals surface area (Å²) in [5.41, 5.74) is 6.63. The third-order valence-corrected chi connectivity index (χ3v) is 3.85. The van der Waals surface area contributed by atoms with E-state index >= 15 is 0 Å². The first kappa shape index (κ1) is 16.5. The summed E-state index contributed by atoms with van der Waals surface area (Å²) in [7, 11) is 1.34. The predicted molar refractivity (Wildman–Crippen MR) is 85.2 cm³/mol. The number of esters is 1. The van der Waals surface area contributed by atoms with Crippen molar-refractivity contribution in [3.63, 3.8) is 0 Å². The summed E-state index contributed by atoms with van der Waals surface area (Å²) in [5, 5.41) is 0. The minimum absolute atomic E-state index is 0.130. The van der Waals surface area contributed by atoms with Gasteiger partial charge in [0.2, 0.25) is 0 Å². The van der Waals surface area contributed by atoms with E-state index in [1.807, 2.05) is 13.8 Å². The van der Waals surface area contributed by atoms with Crippen molar-refractivity contribution in [3.05, 3.63) is 24.2 Å². The molecule has 2 rings (SSSR count). The van der Waals surface area contributed by atoms with Crippen LogP contribution < -0.4 is 5.73 Å². The molecule has 1 aliphatic carbocycles. The van der Waals surface area contributed by atoms with Crippen molar-refractivity contribution < 1.29 is 14.3 Å². The Kier molecular flexibility index (Phi) is 5.24. The summed E-state index contributed by atoms with van der Waals surface area (Å²) in [5.74, 6) is 0.457. The minimum atomic E-state index is -0.454. The van der Waals surface area contributed by atoms with Gasteiger partial charge in [0.05, 0.1) is 30.6 Å². The van der Waals surface area contributed by atoms with Crippen molar-refractivity contribution in [2.45, 2.75) is 38.9 Å². The van der Waals surface area contributed by atoms with Gasteiger partial charge in [-0.25, -0.2) is 9.79 Å². The fourth-order valence-corrected chi connectivity index (χ4v) is 2.69. The van der Waals surface area contributed by atoms with Gasteiger partial charge in [0, 0.05) is 25.2 Å². The van der Waals surface area contributed by atoms with Gasteiger partial charge in [0.15, 0.2) is 0 Å². The normalized spacial score (nSPS) is 26.8. The molecule has 2 aliphatic rings. The topological polar surface area (TPSA) is 77.1 Å². The van der Waals surface area contributed by atoms with Gasteiger partial charge in [-0.05, 0) is 26.7 Å². The lowest BCUT2D eigenvalue weighted by atomic mass is 10.1. The maximum absolute atomic E-state index is 11.9. The number of methoxy groups -OCH3 is 1. The molecule has 1 saturated carbocycles. The molecule has 2 N–H and O–H groups in total. The monoisotopic (exact) mass is 307 g/mol. The second kappa shape index (κ2) is 6.96. The molecule has 2 atom stereocenters. The Morgan fingerprint density at radius 1 is 1.36 bits per heavy atom. The van der Waals surface area contributed by atoms with Gasteiger partial charge in [0.1, 0.15) is 5.82 Å². The zero-order valence-electron chi connectivity index (χ0n) is 13.5. The highest BCUT2D eigenvalue weighted by atomic mass is 16.5. The van der Waals surface area contributed by atoms with Crippen LogP contribution in [0.2, 0.25) is 0 Å². The molecule has 0 spiro atoms. The molecule has 1 saturated heterocycles. The van der Waals surface area contributed by atoms with Gasteiger partial charge in [-0.3, -0.25) is 0 Å². The molecule has 0 amide bonds. The van der Waals surface area contributed by atoms with Crippen LogP contribution in [0.25, 0.3) is 0 Å². The zero-order valence-corrected chi connectivity index (χ0v) is 13.5. The fraction of sp³-hybridized carbons (Fsp3) is 0.625. The molecule has 122 valence electrons. The lowest BCUT2D eigenvalue weighted by Gasteiger charge is -2.36. The lowest BCUT2D eigenvalue weighted by molar-refractivity contribution is -0.135. The number of carbonyl (C=O) groups is 1. The second-order valence-electron chi connectivity index (χ2n) is 5.92. The number of aliphatic imine (C=N–C) groups is 1. The summed E-state index contributed by atoms with van der Waals surface area (Å²) < 4.78 is 10.5. The first-order chi connectivity index (χ1) is 10.5. The van der Waals surface area contributed by atoms with Crippen LogP contribution in [0.5, 0.6) is 0 Å². The highest BCUT2D eigenvalue weighted by Crippen LogP contribution is 2.34. The molecule has 0 radical (unpaired) electrons. The van der Waals surface area contributed by atoms with Crippen molar-refractivity contribution in [3.8, 4) is 0 Å². The summed E-state index contributed by atoms with van der Waals surface area (Å²) in [4.78, 5) is 18.6. The van der Waals surface area contributed by atoms with Crippen LogP contribution in [0.15, 0.2) is 29.2 Å². The molecule has 22 heavy (non-hydrogen) atoms. The molecule has 1 heterocycles. The minimum Gasteiger partial charge on any atom is -0.465 e. The quantitative estimate of drug-likeness (QED) is 0.472. The van der Waals surface area contributed by atoms with E-state index in [9.17, 15) is 4.79 Å². The summed E-state index contributed by atoms with van der Waals surface area (Å²) >= 11 is 0. The second-order valence-corrected chi connectivity index (χ2v) is 5.92. The van der Waals surface area contributed by atoms with E-state index < -0.39 is 5.97 Å². The van der Waals surface area contributed by atoms with Gasteiger partial charge in [-0.1, -0.05) is 6.58 Å². The van der Waals surface area contributed by atoms with Gasteiger partial charge in [0.25, 0.3) is 0 Å². The van der Waals surface area contributed by atoms with Crippen LogP contribution in [-0.4, -0.2) is 49.0 Å². The Balaban J connectivity index is 2.19. The van der Waals surface area contributed by atoms with E-state index in [1.54, 1.807) is 0 Å². The smallest absolute Gasteiger partial charge is 0.341 e. The predicted octanol–water partition coefficient (Wildman–Crippen LogP) is 1.43. The van der Waals surface area contributed by atoms with Gasteiger partial charge < -0.3 is 20.1 Å². The molecule has 0 aromatic carbocycles. The number of carbonyl (C=O) groups excluding carboxylic acids is 1. The van der Waals surface area contributed by atoms with E-state index in [2.05, 4.69) is 16.5 Å². The SMILES string of the molecule is C=C(N=C(/C(=C\N)C(=O)OC)C1CC1)N1CC(C)OC(C)C1. The highest BCUT2D eigenvalue weighted by molar-refractivity contribution is 6.21. The van der Waals surface area contributed by atoms with Crippen LogP contribution in [-0.2, 0) is 14.3 Å². The fourth-order valence-electron chi connectivity index (χ4n) is 2.69. The summed E-state index contributed by atoms with van der Waals surface area (Å²) in [6.45, 7) is 9.60. The molecular formula is C16H25N3O3. The number of rotatable bonds is 5. The largest absolute Gasteiger partial charge is 0.465 e. The maximum Gasteiger partial charge on any atom is 0.341 e. The first-order valence-corrected chi connectivity index (χ1v) is 7.64. The van der Waals surface area contributed by atoms with E-state index in [-0.39, 0.29) is 18.1 Å². The van der Waals surface area contributed by atoms with E-state index in [0.717, 1.165) is 25.9 Å². The van der Waals surface area contributed by atoms with Gasteiger partial charge in [-0.15, -0.1) is 0 Å². The van der Waals surface area contributed by atoms with Crippen molar-refractivity contribution in [1.29, 1.82) is 0 Å². The third-order valence-electron chi connectivity index (χ3n) is 3.85. The molecule has 2 unspecified atom stereocenters.